The Bertz CT molecular complexity index is 1070. The van der Waals surface area contributed by atoms with E-state index in [-0.39, 0.29) is 6.03 Å². The molecule has 0 radical (unpaired) electrons. The smallest absolute Gasteiger partial charge is 0.323 e. The molecule has 29 heavy (non-hydrogen) atoms. The van der Waals surface area contributed by atoms with E-state index < -0.39 is 0 Å². The molecule has 8 heteroatoms. The van der Waals surface area contributed by atoms with Crippen LogP contribution in [-0.2, 0) is 0 Å². The molecule has 0 saturated carbocycles. The number of carbonyl (C=O) groups is 1. The normalized spacial score (nSPS) is 10.4. The molecule has 0 spiro atoms. The van der Waals surface area contributed by atoms with Crippen molar-refractivity contribution in [2.75, 3.05) is 16.0 Å². The van der Waals surface area contributed by atoms with Crippen LogP contribution in [-0.4, -0.2) is 26.0 Å². The number of carbonyl (C=O) groups excluding carboxylic acids is 1. The Labute approximate surface area is 167 Å². The lowest BCUT2D eigenvalue weighted by atomic mass is 10.2. The summed E-state index contributed by atoms with van der Waals surface area (Å²) in [7, 11) is 0. The lowest BCUT2D eigenvalue weighted by molar-refractivity contribution is 0.262. The molecule has 0 aliphatic heterocycles. The molecule has 0 aliphatic carbocycles. The van der Waals surface area contributed by atoms with Crippen molar-refractivity contribution in [3.8, 4) is 5.82 Å². The van der Waals surface area contributed by atoms with Gasteiger partial charge in [0.15, 0.2) is 11.6 Å². The van der Waals surface area contributed by atoms with Crippen LogP contribution in [0.4, 0.5) is 27.7 Å². The van der Waals surface area contributed by atoms with Crippen molar-refractivity contribution in [1.82, 2.24) is 20.0 Å². The maximum atomic E-state index is 12.1. The van der Waals surface area contributed by atoms with Crippen molar-refractivity contribution in [1.29, 1.82) is 0 Å². The lowest BCUT2D eigenvalue weighted by Crippen LogP contribution is -2.19. The van der Waals surface area contributed by atoms with Gasteiger partial charge in [0.05, 0.1) is 0 Å². The minimum Gasteiger partial charge on any atom is -0.339 e. The SMILES string of the molecule is Cc1ccc(NC(=O)Nc2ccc(Nc3ccc(-n4cccn4)nn3)cc2)cc1. The first-order valence-electron chi connectivity index (χ1n) is 9.01. The average Bonchev–Trinajstić information content (AvgIpc) is 3.27. The molecule has 4 rings (SSSR count). The quantitative estimate of drug-likeness (QED) is 0.474. The summed E-state index contributed by atoms with van der Waals surface area (Å²) in [5, 5.41) is 21.2. The van der Waals surface area contributed by atoms with Crippen molar-refractivity contribution in [2.45, 2.75) is 6.92 Å². The topological polar surface area (TPSA) is 96.8 Å². The van der Waals surface area contributed by atoms with Crippen molar-refractivity contribution in [3.63, 3.8) is 0 Å². The summed E-state index contributed by atoms with van der Waals surface area (Å²) in [6.45, 7) is 2.00. The third kappa shape index (κ3) is 4.75. The monoisotopic (exact) mass is 385 g/mol. The molecule has 3 N–H and O–H groups in total. The molecule has 0 fully saturated rings. The van der Waals surface area contributed by atoms with E-state index in [1.54, 1.807) is 17.1 Å². The molecule has 2 aromatic heterocycles. The fourth-order valence-corrected chi connectivity index (χ4v) is 2.63. The summed E-state index contributed by atoms with van der Waals surface area (Å²) in [5.41, 5.74) is 3.39. The zero-order valence-corrected chi connectivity index (χ0v) is 15.7. The molecule has 2 amide bonds. The molecular weight excluding hydrogens is 366 g/mol. The first-order valence-corrected chi connectivity index (χ1v) is 9.01. The minimum absolute atomic E-state index is 0.297. The van der Waals surface area contributed by atoms with Crippen LogP contribution in [0, 0.1) is 6.92 Å². The highest BCUT2D eigenvalue weighted by Gasteiger charge is 2.04. The van der Waals surface area contributed by atoms with Crippen LogP contribution in [0.15, 0.2) is 79.1 Å². The minimum atomic E-state index is -0.297. The van der Waals surface area contributed by atoms with E-state index in [4.69, 9.17) is 0 Å². The third-order valence-corrected chi connectivity index (χ3v) is 4.11. The van der Waals surface area contributed by atoms with Crippen molar-refractivity contribution >= 4 is 28.9 Å². The van der Waals surface area contributed by atoms with E-state index >= 15 is 0 Å². The van der Waals surface area contributed by atoms with Gasteiger partial charge in [-0.3, -0.25) is 0 Å². The van der Waals surface area contributed by atoms with Gasteiger partial charge in [-0.15, -0.1) is 10.2 Å². The number of benzene rings is 2. The Morgan fingerprint density at radius 3 is 2.07 bits per heavy atom. The van der Waals surface area contributed by atoms with E-state index in [1.807, 2.05) is 73.7 Å². The predicted molar refractivity (Wildman–Crippen MR) is 113 cm³/mol. The molecule has 144 valence electrons. The molecule has 2 aromatic carbocycles. The number of hydrogen-bond acceptors (Lipinski definition) is 5. The summed E-state index contributed by atoms with van der Waals surface area (Å²) in [6.07, 6.45) is 3.49. The summed E-state index contributed by atoms with van der Waals surface area (Å²) in [6, 6.07) is 20.1. The average molecular weight is 385 g/mol. The second-order valence-electron chi connectivity index (χ2n) is 6.37. The van der Waals surface area contributed by atoms with Crippen LogP contribution in [0.5, 0.6) is 0 Å². The maximum Gasteiger partial charge on any atom is 0.323 e. The first-order chi connectivity index (χ1) is 14.2. The summed E-state index contributed by atoms with van der Waals surface area (Å²) in [4.78, 5) is 12.1. The predicted octanol–water partition coefficient (Wildman–Crippen LogP) is 4.36. The molecular formula is C21H19N7O. The van der Waals surface area contributed by atoms with Crippen LogP contribution < -0.4 is 16.0 Å². The number of urea groups is 1. The van der Waals surface area contributed by atoms with Gasteiger partial charge in [-0.2, -0.15) is 5.10 Å². The standard InChI is InChI=1S/C21H19N7O/c1-15-3-5-17(6-4-15)24-21(29)25-18-9-7-16(8-10-18)23-19-11-12-20(27-26-19)28-14-2-13-22-28/h2-14H,1H3,(H,23,26)(H2,24,25,29). The van der Waals surface area contributed by atoms with Gasteiger partial charge in [0.1, 0.15) is 0 Å². The van der Waals surface area contributed by atoms with Gasteiger partial charge in [0.2, 0.25) is 0 Å². The van der Waals surface area contributed by atoms with Crippen LogP contribution in [0.1, 0.15) is 5.56 Å². The molecule has 4 aromatic rings. The van der Waals surface area contributed by atoms with Crippen LogP contribution in [0.25, 0.3) is 5.82 Å². The van der Waals surface area contributed by atoms with Gasteiger partial charge in [-0.05, 0) is 61.5 Å². The fourth-order valence-electron chi connectivity index (χ4n) is 2.63. The largest absolute Gasteiger partial charge is 0.339 e. The summed E-state index contributed by atoms with van der Waals surface area (Å²) in [5.74, 6) is 1.25. The van der Waals surface area contributed by atoms with Gasteiger partial charge < -0.3 is 16.0 Å². The van der Waals surface area contributed by atoms with E-state index in [0.29, 0.717) is 17.3 Å². The lowest BCUT2D eigenvalue weighted by Gasteiger charge is -2.09. The highest BCUT2D eigenvalue weighted by molar-refractivity contribution is 5.99. The van der Waals surface area contributed by atoms with Crippen LogP contribution >= 0.6 is 0 Å². The van der Waals surface area contributed by atoms with Crippen molar-refractivity contribution in [3.05, 3.63) is 84.7 Å². The highest BCUT2D eigenvalue weighted by atomic mass is 16.2. The molecule has 0 saturated heterocycles. The van der Waals surface area contributed by atoms with Gasteiger partial charge in [0.25, 0.3) is 0 Å². The Kier molecular flexibility index (Phi) is 5.15. The van der Waals surface area contributed by atoms with Crippen LogP contribution in [0.3, 0.4) is 0 Å². The number of aryl methyl sites for hydroxylation is 1. The second-order valence-corrected chi connectivity index (χ2v) is 6.37. The molecule has 0 bridgehead atoms. The first kappa shape index (κ1) is 18.2. The molecule has 0 atom stereocenters. The Hall–Kier alpha value is -4.20. The Morgan fingerprint density at radius 2 is 1.48 bits per heavy atom. The zero-order chi connectivity index (χ0) is 20.1. The van der Waals surface area contributed by atoms with Crippen molar-refractivity contribution < 1.29 is 4.79 Å². The molecule has 0 aliphatic rings. The van der Waals surface area contributed by atoms with Crippen LogP contribution in [0.2, 0.25) is 0 Å². The number of nitrogens with zero attached hydrogens (tertiary/aromatic N) is 4. The van der Waals surface area contributed by atoms with Crippen molar-refractivity contribution in [2.24, 2.45) is 0 Å². The molecule has 2 heterocycles. The van der Waals surface area contributed by atoms with Gasteiger partial charge in [-0.1, -0.05) is 17.7 Å². The van der Waals surface area contributed by atoms with E-state index in [2.05, 4.69) is 31.2 Å². The Balaban J connectivity index is 1.34. The summed E-state index contributed by atoms with van der Waals surface area (Å²) >= 11 is 0. The number of rotatable bonds is 5. The maximum absolute atomic E-state index is 12.1. The van der Waals surface area contributed by atoms with Gasteiger partial charge in [-0.25, -0.2) is 9.48 Å². The second kappa shape index (κ2) is 8.22. The Morgan fingerprint density at radius 1 is 0.828 bits per heavy atom. The summed E-state index contributed by atoms with van der Waals surface area (Å²) < 4.78 is 1.64. The van der Waals surface area contributed by atoms with Gasteiger partial charge >= 0.3 is 6.03 Å². The molecule has 8 nitrogen and oxygen atoms in total. The molecule has 0 unspecified atom stereocenters. The highest BCUT2D eigenvalue weighted by Crippen LogP contribution is 2.18. The number of hydrogen-bond donors (Lipinski definition) is 3. The van der Waals surface area contributed by atoms with E-state index in [0.717, 1.165) is 16.9 Å². The number of amides is 2. The third-order valence-electron chi connectivity index (χ3n) is 4.11. The van der Waals surface area contributed by atoms with Gasteiger partial charge in [0, 0.05) is 29.5 Å². The number of anilines is 4. The number of nitrogens with one attached hydrogen (secondary N) is 3. The number of aromatic nitrogens is 4. The van der Waals surface area contributed by atoms with E-state index in [1.165, 1.54) is 0 Å². The fraction of sp³-hybridized carbons (Fsp3) is 0.0476. The van der Waals surface area contributed by atoms with E-state index in [9.17, 15) is 4.79 Å². The zero-order valence-electron chi connectivity index (χ0n) is 15.7.